The van der Waals surface area contributed by atoms with Crippen LogP contribution in [-0.4, -0.2) is 32.7 Å². The van der Waals surface area contributed by atoms with Gasteiger partial charge in [0, 0.05) is 16.1 Å². The average molecular weight is 490 g/mol. The van der Waals surface area contributed by atoms with E-state index in [-0.39, 0.29) is 23.0 Å². The quantitative estimate of drug-likeness (QED) is 0.338. The van der Waals surface area contributed by atoms with E-state index in [0.717, 1.165) is 16.4 Å². The molecule has 1 aliphatic carbocycles. The lowest BCUT2D eigenvalue weighted by molar-refractivity contribution is -0.385. The van der Waals surface area contributed by atoms with Gasteiger partial charge in [0.15, 0.2) is 0 Å². The number of halogens is 2. The first-order chi connectivity index (χ1) is 15.7. The zero-order valence-electron chi connectivity index (χ0n) is 17.7. The van der Waals surface area contributed by atoms with Crippen molar-refractivity contribution in [1.29, 1.82) is 0 Å². The van der Waals surface area contributed by atoms with E-state index >= 15 is 0 Å². The van der Waals surface area contributed by atoms with Crippen molar-refractivity contribution in [3.05, 3.63) is 73.8 Å². The third-order valence-electron chi connectivity index (χ3n) is 6.31. The average Bonchev–Trinajstić information content (AvgIpc) is 3.02. The Labute approximate surface area is 200 Å². The summed E-state index contributed by atoms with van der Waals surface area (Å²) < 4.78 is 0. The molecule has 1 saturated heterocycles. The van der Waals surface area contributed by atoms with Gasteiger partial charge in [0.05, 0.1) is 23.3 Å². The van der Waals surface area contributed by atoms with Gasteiger partial charge in [-0.25, -0.2) is 5.01 Å². The zero-order valence-corrected chi connectivity index (χ0v) is 19.3. The van der Waals surface area contributed by atoms with Crippen LogP contribution in [0, 0.1) is 27.9 Å². The minimum absolute atomic E-state index is 0.226. The molecule has 2 aromatic carbocycles. The van der Waals surface area contributed by atoms with Gasteiger partial charge in [-0.05, 0) is 48.9 Å². The van der Waals surface area contributed by atoms with Gasteiger partial charge in [0.1, 0.15) is 5.56 Å². The van der Waals surface area contributed by atoms with Crippen LogP contribution in [0.1, 0.15) is 42.1 Å². The topological polar surface area (TPSA) is 101 Å². The molecule has 4 rings (SSSR count). The molecule has 1 heterocycles. The number of hydrazine groups is 1. The second-order valence-corrected chi connectivity index (χ2v) is 9.34. The molecule has 0 unspecified atom stereocenters. The summed E-state index contributed by atoms with van der Waals surface area (Å²) >= 11 is 12.3. The molecule has 1 aliphatic heterocycles. The third kappa shape index (κ3) is 4.32. The van der Waals surface area contributed by atoms with Gasteiger partial charge in [-0.1, -0.05) is 48.3 Å². The smallest absolute Gasteiger partial charge is 0.272 e. The predicted octanol–water partition coefficient (Wildman–Crippen LogP) is 4.88. The van der Waals surface area contributed by atoms with E-state index in [9.17, 15) is 24.5 Å². The number of imide groups is 1. The number of benzene rings is 2. The van der Waals surface area contributed by atoms with Gasteiger partial charge in [-0.15, -0.1) is 0 Å². The van der Waals surface area contributed by atoms with Crippen molar-refractivity contribution in [1.82, 2.24) is 10.0 Å². The van der Waals surface area contributed by atoms with E-state index in [4.69, 9.17) is 23.2 Å². The molecule has 3 atom stereocenters. The highest BCUT2D eigenvalue weighted by molar-refractivity contribution is 6.35. The molecule has 2 aliphatic rings. The summed E-state index contributed by atoms with van der Waals surface area (Å²) in [7, 11) is 0. The van der Waals surface area contributed by atoms with Gasteiger partial charge in [0.25, 0.3) is 23.4 Å². The maximum Gasteiger partial charge on any atom is 0.282 e. The van der Waals surface area contributed by atoms with Crippen molar-refractivity contribution in [2.45, 2.75) is 32.7 Å². The number of fused-ring (bicyclic) bond motifs is 1. The summed E-state index contributed by atoms with van der Waals surface area (Å²) in [5.41, 5.74) is -0.201. The fourth-order valence-electron chi connectivity index (χ4n) is 4.61. The summed E-state index contributed by atoms with van der Waals surface area (Å²) in [6.45, 7) is 1.80. The van der Waals surface area contributed by atoms with Gasteiger partial charge < -0.3 is 0 Å². The number of nitro groups is 1. The monoisotopic (exact) mass is 489 g/mol. The number of nitrogens with zero attached hydrogens (tertiary/aromatic N) is 3. The van der Waals surface area contributed by atoms with Gasteiger partial charge in [-0.3, -0.25) is 24.5 Å². The van der Waals surface area contributed by atoms with Crippen LogP contribution in [0.2, 0.25) is 10.0 Å². The van der Waals surface area contributed by atoms with E-state index in [1.165, 1.54) is 30.3 Å². The Kier molecular flexibility index (Phi) is 6.41. The molecule has 10 heteroatoms. The lowest BCUT2D eigenvalue weighted by Crippen LogP contribution is -2.50. The van der Waals surface area contributed by atoms with Crippen LogP contribution in [0.4, 0.5) is 5.69 Å². The number of amides is 3. The van der Waals surface area contributed by atoms with Crippen LogP contribution in [0.15, 0.2) is 42.5 Å². The van der Waals surface area contributed by atoms with Crippen molar-refractivity contribution < 1.29 is 19.3 Å². The summed E-state index contributed by atoms with van der Waals surface area (Å²) in [5.74, 6) is -2.49. The Morgan fingerprint density at radius 1 is 1.12 bits per heavy atom. The highest BCUT2D eigenvalue weighted by Gasteiger charge is 2.52. The number of hydrogen-bond donors (Lipinski definition) is 0. The Bertz CT molecular complexity index is 1150. The second kappa shape index (κ2) is 9.11. The lowest BCUT2D eigenvalue weighted by Gasteiger charge is -2.31. The molecule has 172 valence electrons. The molecule has 0 N–H and O–H groups in total. The molecule has 0 radical (unpaired) electrons. The van der Waals surface area contributed by atoms with Crippen LogP contribution in [0.5, 0.6) is 0 Å². The SMILES string of the molecule is C[C@@H]1CC[C@@H]2C(=O)N(N(Cc3ccc(Cl)cc3Cl)C(=O)c3ccccc3[N+](=O)[O-])C(=O)[C@@H]2C1. The van der Waals surface area contributed by atoms with E-state index < -0.39 is 40.2 Å². The molecule has 3 amide bonds. The maximum atomic E-state index is 13.6. The minimum atomic E-state index is -0.832. The number of carbonyl (C=O) groups excluding carboxylic acids is 3. The number of para-hydroxylation sites is 1. The van der Waals surface area contributed by atoms with Crippen molar-refractivity contribution >= 4 is 46.6 Å². The molecule has 33 heavy (non-hydrogen) atoms. The normalized spacial score (nSPS) is 22.3. The van der Waals surface area contributed by atoms with Crippen LogP contribution < -0.4 is 0 Å². The summed E-state index contributed by atoms with van der Waals surface area (Å²) in [6.07, 6.45) is 1.93. The third-order valence-corrected chi connectivity index (χ3v) is 6.89. The first kappa shape index (κ1) is 23.2. The van der Waals surface area contributed by atoms with Crippen molar-refractivity contribution in [3.63, 3.8) is 0 Å². The van der Waals surface area contributed by atoms with Gasteiger partial charge in [-0.2, -0.15) is 5.01 Å². The van der Waals surface area contributed by atoms with Gasteiger partial charge >= 0.3 is 0 Å². The molecule has 1 saturated carbocycles. The lowest BCUT2D eigenvalue weighted by atomic mass is 9.76. The molecule has 8 nitrogen and oxygen atoms in total. The maximum absolute atomic E-state index is 13.6. The molecule has 0 aromatic heterocycles. The number of carbonyl (C=O) groups is 3. The Hall–Kier alpha value is -2.97. The highest BCUT2D eigenvalue weighted by atomic mass is 35.5. The van der Waals surface area contributed by atoms with Crippen molar-refractivity contribution in [3.8, 4) is 0 Å². The predicted molar refractivity (Wildman–Crippen MR) is 121 cm³/mol. The van der Waals surface area contributed by atoms with Crippen molar-refractivity contribution in [2.75, 3.05) is 0 Å². The fraction of sp³-hybridized carbons (Fsp3) is 0.348. The Morgan fingerprint density at radius 2 is 1.82 bits per heavy atom. The molecule has 0 bridgehead atoms. The molecule has 2 fully saturated rings. The van der Waals surface area contributed by atoms with Crippen LogP contribution >= 0.6 is 23.2 Å². The van der Waals surface area contributed by atoms with Crippen molar-refractivity contribution in [2.24, 2.45) is 17.8 Å². The van der Waals surface area contributed by atoms with E-state index in [1.54, 1.807) is 12.1 Å². The molecular weight excluding hydrogens is 469 g/mol. The van der Waals surface area contributed by atoms with Gasteiger partial charge in [0.2, 0.25) is 0 Å². The second-order valence-electron chi connectivity index (χ2n) is 8.49. The molecule has 2 aromatic rings. The van der Waals surface area contributed by atoms with E-state index in [1.807, 2.05) is 6.92 Å². The fourth-order valence-corrected chi connectivity index (χ4v) is 5.08. The first-order valence-electron chi connectivity index (χ1n) is 10.6. The van der Waals surface area contributed by atoms with Crippen LogP contribution in [0.25, 0.3) is 0 Å². The summed E-state index contributed by atoms with van der Waals surface area (Å²) in [5, 5.41) is 14.0. The molecule has 0 spiro atoms. The van der Waals surface area contributed by atoms with Crippen LogP contribution in [0.3, 0.4) is 0 Å². The summed E-state index contributed by atoms with van der Waals surface area (Å²) in [4.78, 5) is 51.1. The highest BCUT2D eigenvalue weighted by Crippen LogP contribution is 2.42. The number of hydrogen-bond acceptors (Lipinski definition) is 5. The minimum Gasteiger partial charge on any atom is -0.272 e. The Morgan fingerprint density at radius 3 is 2.52 bits per heavy atom. The largest absolute Gasteiger partial charge is 0.282 e. The standard InChI is InChI=1S/C23H21Cl2N3O5/c1-13-6-9-16-18(10-13)23(31)27(22(16)30)26(12-14-7-8-15(24)11-19(14)25)21(29)17-4-2-3-5-20(17)28(32)33/h2-5,7-8,11,13,16,18H,6,9-10,12H2,1H3/t13-,16+,18-/m1/s1. The number of rotatable bonds is 5. The molecular formula is C23H21Cl2N3O5. The van der Waals surface area contributed by atoms with E-state index in [2.05, 4.69) is 0 Å². The first-order valence-corrected chi connectivity index (χ1v) is 11.3. The van der Waals surface area contributed by atoms with Crippen LogP contribution in [-0.2, 0) is 16.1 Å². The number of nitro benzene ring substituents is 1. The zero-order chi connectivity index (χ0) is 23.9. The van der Waals surface area contributed by atoms with E-state index in [0.29, 0.717) is 23.4 Å². The Balaban J connectivity index is 1.78. The summed E-state index contributed by atoms with van der Waals surface area (Å²) in [6, 6.07) is 10.1.